The van der Waals surface area contributed by atoms with Crippen LogP contribution in [0.1, 0.15) is 18.1 Å². The lowest BCUT2D eigenvalue weighted by molar-refractivity contribution is -0.127. The summed E-state index contributed by atoms with van der Waals surface area (Å²) < 4.78 is 1.79. The van der Waals surface area contributed by atoms with E-state index in [2.05, 4.69) is 46.3 Å². The Kier molecular flexibility index (Phi) is 6.09. The van der Waals surface area contributed by atoms with Crippen LogP contribution in [-0.2, 0) is 17.8 Å². The standard InChI is InChI=1S/C23H23N5OS/c1-3-17-9-11-18(12-10-17)14-27(2)21(29)15-30-23-20-13-26-28(22(20)24-16-25-23)19-7-5-4-6-8-19/h4-13,16H,3,14-15H2,1-2H3. The highest BCUT2D eigenvalue weighted by Crippen LogP contribution is 2.26. The van der Waals surface area contributed by atoms with Gasteiger partial charge in [0, 0.05) is 13.6 Å². The first-order valence-corrected chi connectivity index (χ1v) is 10.8. The van der Waals surface area contributed by atoms with Crippen molar-refractivity contribution in [2.75, 3.05) is 12.8 Å². The lowest BCUT2D eigenvalue weighted by Crippen LogP contribution is -2.27. The van der Waals surface area contributed by atoms with E-state index in [1.807, 2.05) is 37.4 Å². The van der Waals surface area contributed by atoms with Crippen LogP contribution < -0.4 is 0 Å². The van der Waals surface area contributed by atoms with Crippen LogP contribution in [0.4, 0.5) is 0 Å². The van der Waals surface area contributed by atoms with Crippen molar-refractivity contribution < 1.29 is 4.79 Å². The number of para-hydroxylation sites is 1. The second kappa shape index (κ2) is 9.09. The number of hydrogen-bond donors (Lipinski definition) is 0. The summed E-state index contributed by atoms with van der Waals surface area (Å²) in [5.41, 5.74) is 4.09. The first-order valence-electron chi connectivity index (χ1n) is 9.84. The van der Waals surface area contributed by atoms with Gasteiger partial charge in [0.15, 0.2) is 5.65 Å². The molecule has 0 saturated carbocycles. The summed E-state index contributed by atoms with van der Waals surface area (Å²) in [6.07, 6.45) is 4.29. The quantitative estimate of drug-likeness (QED) is 0.334. The van der Waals surface area contributed by atoms with Gasteiger partial charge in [-0.3, -0.25) is 4.79 Å². The Morgan fingerprint density at radius 2 is 1.77 bits per heavy atom. The number of amides is 1. The van der Waals surface area contributed by atoms with Crippen LogP contribution in [0.2, 0.25) is 0 Å². The van der Waals surface area contributed by atoms with Crippen molar-refractivity contribution in [3.05, 3.63) is 78.2 Å². The molecule has 4 rings (SSSR count). The monoisotopic (exact) mass is 417 g/mol. The molecule has 4 aromatic rings. The number of aryl methyl sites for hydroxylation is 1. The number of hydrogen-bond acceptors (Lipinski definition) is 5. The maximum Gasteiger partial charge on any atom is 0.233 e. The maximum absolute atomic E-state index is 12.6. The SMILES string of the molecule is CCc1ccc(CN(C)C(=O)CSc2ncnc3c2cnn3-c2ccccc2)cc1. The summed E-state index contributed by atoms with van der Waals surface area (Å²) in [5.74, 6) is 0.369. The zero-order valence-electron chi connectivity index (χ0n) is 17.0. The maximum atomic E-state index is 12.6. The molecule has 0 spiro atoms. The summed E-state index contributed by atoms with van der Waals surface area (Å²) in [7, 11) is 1.83. The van der Waals surface area contributed by atoms with Gasteiger partial charge in [-0.1, -0.05) is 61.2 Å². The largest absolute Gasteiger partial charge is 0.341 e. The molecule has 0 bridgehead atoms. The Hall–Kier alpha value is -3.19. The van der Waals surface area contributed by atoms with E-state index < -0.39 is 0 Å². The third-order valence-electron chi connectivity index (χ3n) is 4.94. The average Bonchev–Trinajstić information content (AvgIpc) is 3.23. The highest BCUT2D eigenvalue weighted by Gasteiger charge is 2.15. The van der Waals surface area contributed by atoms with Crippen molar-refractivity contribution in [3.63, 3.8) is 0 Å². The van der Waals surface area contributed by atoms with Gasteiger partial charge in [0.2, 0.25) is 5.91 Å². The predicted molar refractivity (Wildman–Crippen MR) is 120 cm³/mol. The Morgan fingerprint density at radius 1 is 1.03 bits per heavy atom. The summed E-state index contributed by atoms with van der Waals surface area (Å²) in [5, 5.41) is 6.07. The molecule has 0 saturated heterocycles. The lowest BCUT2D eigenvalue weighted by atomic mass is 10.1. The number of benzene rings is 2. The Labute approximate surface area is 180 Å². The molecule has 0 aliphatic rings. The van der Waals surface area contributed by atoms with E-state index in [0.717, 1.165) is 33.7 Å². The minimum absolute atomic E-state index is 0.0572. The van der Waals surface area contributed by atoms with Crippen LogP contribution in [0.3, 0.4) is 0 Å². The summed E-state index contributed by atoms with van der Waals surface area (Å²) in [6.45, 7) is 2.73. The molecule has 6 nitrogen and oxygen atoms in total. The second-order valence-electron chi connectivity index (χ2n) is 7.02. The third-order valence-corrected chi connectivity index (χ3v) is 5.93. The van der Waals surface area contributed by atoms with Crippen molar-refractivity contribution in [2.45, 2.75) is 24.9 Å². The molecule has 2 heterocycles. The molecule has 0 N–H and O–H groups in total. The van der Waals surface area contributed by atoms with Gasteiger partial charge in [-0.25, -0.2) is 14.6 Å². The fraction of sp³-hybridized carbons (Fsp3) is 0.217. The van der Waals surface area contributed by atoms with Gasteiger partial charge in [0.25, 0.3) is 0 Å². The Bertz CT molecular complexity index is 1140. The minimum atomic E-state index is 0.0572. The van der Waals surface area contributed by atoms with E-state index >= 15 is 0 Å². The highest BCUT2D eigenvalue weighted by atomic mass is 32.2. The van der Waals surface area contributed by atoms with Crippen molar-refractivity contribution in [1.29, 1.82) is 0 Å². The zero-order chi connectivity index (χ0) is 20.9. The topological polar surface area (TPSA) is 63.9 Å². The summed E-state index contributed by atoms with van der Waals surface area (Å²) in [6, 6.07) is 18.2. The van der Waals surface area contributed by atoms with Crippen LogP contribution in [0, 0.1) is 0 Å². The van der Waals surface area contributed by atoms with Crippen molar-refractivity contribution in [2.24, 2.45) is 0 Å². The fourth-order valence-electron chi connectivity index (χ4n) is 3.18. The molecule has 2 aromatic carbocycles. The number of aromatic nitrogens is 4. The number of thioether (sulfide) groups is 1. The molecule has 0 aliphatic heterocycles. The molecule has 0 fully saturated rings. The molecule has 2 aromatic heterocycles. The number of carbonyl (C=O) groups is 1. The van der Waals surface area contributed by atoms with Crippen molar-refractivity contribution in [3.8, 4) is 5.69 Å². The first kappa shape index (κ1) is 20.1. The molecule has 0 atom stereocenters. The van der Waals surface area contributed by atoms with E-state index in [1.54, 1.807) is 15.8 Å². The van der Waals surface area contributed by atoms with Gasteiger partial charge < -0.3 is 4.90 Å². The molecule has 0 aliphatic carbocycles. The van der Waals surface area contributed by atoms with E-state index in [4.69, 9.17) is 0 Å². The van der Waals surface area contributed by atoms with E-state index in [9.17, 15) is 4.79 Å². The van der Waals surface area contributed by atoms with Gasteiger partial charge >= 0.3 is 0 Å². The van der Waals surface area contributed by atoms with Crippen LogP contribution in [-0.4, -0.2) is 43.4 Å². The molecule has 152 valence electrons. The van der Waals surface area contributed by atoms with Crippen LogP contribution in [0.15, 0.2) is 72.1 Å². The Morgan fingerprint density at radius 3 is 2.50 bits per heavy atom. The molecule has 0 radical (unpaired) electrons. The zero-order valence-corrected chi connectivity index (χ0v) is 17.8. The van der Waals surface area contributed by atoms with E-state index in [1.165, 1.54) is 23.7 Å². The minimum Gasteiger partial charge on any atom is -0.341 e. The normalized spacial score (nSPS) is 11.0. The number of rotatable bonds is 7. The van der Waals surface area contributed by atoms with E-state index in [0.29, 0.717) is 12.3 Å². The third kappa shape index (κ3) is 4.36. The molecular weight excluding hydrogens is 394 g/mol. The van der Waals surface area contributed by atoms with Crippen molar-refractivity contribution in [1.82, 2.24) is 24.6 Å². The van der Waals surface area contributed by atoms with Crippen LogP contribution in [0.5, 0.6) is 0 Å². The molecule has 7 heteroatoms. The number of carbonyl (C=O) groups excluding carboxylic acids is 1. The smallest absolute Gasteiger partial charge is 0.233 e. The molecular formula is C23H23N5OS. The number of fused-ring (bicyclic) bond motifs is 1. The lowest BCUT2D eigenvalue weighted by Gasteiger charge is -2.17. The second-order valence-corrected chi connectivity index (χ2v) is 7.98. The fourth-order valence-corrected chi connectivity index (χ4v) is 4.08. The molecule has 30 heavy (non-hydrogen) atoms. The van der Waals surface area contributed by atoms with Crippen LogP contribution in [0.25, 0.3) is 16.7 Å². The van der Waals surface area contributed by atoms with Crippen LogP contribution >= 0.6 is 11.8 Å². The molecule has 1 amide bonds. The number of nitrogens with zero attached hydrogens (tertiary/aromatic N) is 5. The summed E-state index contributed by atoms with van der Waals surface area (Å²) >= 11 is 1.42. The van der Waals surface area contributed by atoms with Crippen molar-refractivity contribution >= 4 is 28.7 Å². The predicted octanol–water partition coefficient (Wildman–Crippen LogP) is 4.13. The van der Waals surface area contributed by atoms with Gasteiger partial charge in [0.1, 0.15) is 11.4 Å². The highest BCUT2D eigenvalue weighted by molar-refractivity contribution is 8.00. The van der Waals surface area contributed by atoms with E-state index in [-0.39, 0.29) is 5.91 Å². The average molecular weight is 418 g/mol. The van der Waals surface area contributed by atoms with Gasteiger partial charge in [-0.2, -0.15) is 5.10 Å². The Balaban J connectivity index is 1.44. The summed E-state index contributed by atoms with van der Waals surface area (Å²) in [4.78, 5) is 23.2. The van der Waals surface area contributed by atoms with Gasteiger partial charge in [0.05, 0.1) is 23.0 Å². The molecule has 0 unspecified atom stereocenters. The first-order chi connectivity index (χ1) is 14.7. The van der Waals surface area contributed by atoms with Gasteiger partial charge in [-0.15, -0.1) is 0 Å². The van der Waals surface area contributed by atoms with Gasteiger partial charge in [-0.05, 0) is 29.7 Å².